The molecule has 0 aliphatic heterocycles. The van der Waals surface area contributed by atoms with Crippen LogP contribution in [0.15, 0.2) is 52.8 Å². The predicted molar refractivity (Wildman–Crippen MR) is 81.2 cm³/mol. The lowest BCUT2D eigenvalue weighted by atomic mass is 10.2. The summed E-state index contributed by atoms with van der Waals surface area (Å²) in [6.07, 6.45) is 1.83. The molecule has 2 heterocycles. The molecule has 108 valence electrons. The zero-order chi connectivity index (χ0) is 15.5. The van der Waals surface area contributed by atoms with Crippen molar-refractivity contribution < 1.29 is 5.11 Å². The van der Waals surface area contributed by atoms with Gasteiger partial charge < -0.3 is 5.11 Å². The molecule has 0 amide bonds. The first-order valence-corrected chi connectivity index (χ1v) is 6.72. The van der Waals surface area contributed by atoms with Crippen molar-refractivity contribution in [2.45, 2.75) is 13.5 Å². The standard InChI is InChI=1S/C16H13N5O/c1-11-15(20-19-14-6-2-4-12(8-14)9-17)21-7-3-5-13(10-22)16(21)18-11/h2-8,22H,10H2,1H3. The lowest BCUT2D eigenvalue weighted by Crippen LogP contribution is -1.90. The second kappa shape index (κ2) is 5.76. The minimum Gasteiger partial charge on any atom is -0.392 e. The lowest BCUT2D eigenvalue weighted by molar-refractivity contribution is 0.282. The highest BCUT2D eigenvalue weighted by Gasteiger charge is 2.10. The first-order valence-electron chi connectivity index (χ1n) is 6.72. The SMILES string of the molecule is Cc1nc2c(CO)cccn2c1N=Nc1cccc(C#N)c1. The number of azo groups is 1. The maximum Gasteiger partial charge on any atom is 0.182 e. The highest BCUT2D eigenvalue weighted by Crippen LogP contribution is 2.25. The van der Waals surface area contributed by atoms with Crippen molar-refractivity contribution in [2.75, 3.05) is 0 Å². The normalized spacial score (nSPS) is 11.1. The molecule has 3 rings (SSSR count). The van der Waals surface area contributed by atoms with Crippen molar-refractivity contribution in [3.8, 4) is 6.07 Å². The molecule has 0 aliphatic rings. The molecule has 0 fully saturated rings. The van der Waals surface area contributed by atoms with Gasteiger partial charge in [0.2, 0.25) is 0 Å². The van der Waals surface area contributed by atoms with E-state index in [1.165, 1.54) is 0 Å². The fourth-order valence-electron chi connectivity index (χ4n) is 2.21. The molecule has 1 aromatic carbocycles. The average Bonchev–Trinajstić information content (AvgIpc) is 2.88. The maximum absolute atomic E-state index is 9.36. The van der Waals surface area contributed by atoms with Crippen molar-refractivity contribution >= 4 is 17.2 Å². The molecule has 3 aromatic rings. The molecule has 0 unspecified atom stereocenters. The predicted octanol–water partition coefficient (Wildman–Crippen LogP) is 3.42. The van der Waals surface area contributed by atoms with Gasteiger partial charge in [0.1, 0.15) is 5.65 Å². The van der Waals surface area contributed by atoms with Crippen molar-refractivity contribution in [3.63, 3.8) is 0 Å². The zero-order valence-corrected chi connectivity index (χ0v) is 11.9. The smallest absolute Gasteiger partial charge is 0.182 e. The number of hydrogen-bond acceptors (Lipinski definition) is 5. The number of imidazole rings is 1. The largest absolute Gasteiger partial charge is 0.392 e. The Labute approximate surface area is 127 Å². The monoisotopic (exact) mass is 291 g/mol. The van der Waals surface area contributed by atoms with E-state index in [0.29, 0.717) is 22.7 Å². The van der Waals surface area contributed by atoms with Crippen LogP contribution in [0.1, 0.15) is 16.8 Å². The molecule has 6 heteroatoms. The molecule has 0 spiro atoms. The van der Waals surface area contributed by atoms with Crippen LogP contribution in [0.25, 0.3) is 5.65 Å². The van der Waals surface area contributed by atoms with Crippen LogP contribution in [0.2, 0.25) is 0 Å². The van der Waals surface area contributed by atoms with Crippen molar-refractivity contribution in [2.24, 2.45) is 10.2 Å². The van der Waals surface area contributed by atoms with Crippen LogP contribution in [0.4, 0.5) is 11.5 Å². The molecule has 1 N–H and O–H groups in total. The molecule has 0 atom stereocenters. The molecule has 2 aromatic heterocycles. The molecule has 0 radical (unpaired) electrons. The number of aromatic nitrogens is 2. The van der Waals surface area contributed by atoms with E-state index in [2.05, 4.69) is 21.3 Å². The Morgan fingerprint density at radius 1 is 1.27 bits per heavy atom. The maximum atomic E-state index is 9.36. The number of nitriles is 1. The minimum atomic E-state index is -0.0818. The van der Waals surface area contributed by atoms with Crippen molar-refractivity contribution in [1.82, 2.24) is 9.38 Å². The van der Waals surface area contributed by atoms with E-state index in [9.17, 15) is 5.11 Å². The Morgan fingerprint density at radius 2 is 2.14 bits per heavy atom. The van der Waals surface area contributed by atoms with Crippen LogP contribution >= 0.6 is 0 Å². The molecular formula is C16H13N5O. The first-order chi connectivity index (χ1) is 10.7. The third kappa shape index (κ3) is 2.45. The van der Waals surface area contributed by atoms with E-state index in [0.717, 1.165) is 11.3 Å². The van der Waals surface area contributed by atoms with E-state index in [4.69, 9.17) is 5.26 Å². The number of hydrogen-bond donors (Lipinski definition) is 1. The first kappa shape index (κ1) is 13.9. The van der Waals surface area contributed by atoms with Gasteiger partial charge in [-0.25, -0.2) is 4.98 Å². The number of aliphatic hydroxyl groups excluding tert-OH is 1. The Balaban J connectivity index is 2.05. The fraction of sp³-hybridized carbons (Fsp3) is 0.125. The van der Waals surface area contributed by atoms with Gasteiger partial charge in [0, 0.05) is 11.8 Å². The minimum absolute atomic E-state index is 0.0818. The summed E-state index contributed by atoms with van der Waals surface area (Å²) in [5, 5.41) is 26.7. The summed E-state index contributed by atoms with van der Waals surface area (Å²) in [7, 11) is 0. The Bertz CT molecular complexity index is 905. The van der Waals surface area contributed by atoms with Crippen LogP contribution in [0.5, 0.6) is 0 Å². The van der Waals surface area contributed by atoms with Gasteiger partial charge >= 0.3 is 0 Å². The van der Waals surface area contributed by atoms with Gasteiger partial charge in [0.15, 0.2) is 5.82 Å². The second-order valence-electron chi connectivity index (χ2n) is 4.77. The summed E-state index contributed by atoms with van der Waals surface area (Å²) >= 11 is 0. The van der Waals surface area contributed by atoms with Crippen LogP contribution in [0.3, 0.4) is 0 Å². The summed E-state index contributed by atoms with van der Waals surface area (Å²) in [6.45, 7) is 1.76. The highest BCUT2D eigenvalue weighted by molar-refractivity contribution is 5.56. The van der Waals surface area contributed by atoms with Gasteiger partial charge in [-0.3, -0.25) is 4.40 Å². The molecule has 0 bridgehead atoms. The number of fused-ring (bicyclic) bond motifs is 1. The quantitative estimate of drug-likeness (QED) is 0.750. The zero-order valence-electron chi connectivity index (χ0n) is 11.9. The van der Waals surface area contributed by atoms with E-state index < -0.39 is 0 Å². The average molecular weight is 291 g/mol. The summed E-state index contributed by atoms with van der Waals surface area (Å²) in [5.41, 5.74) is 3.27. The number of rotatable bonds is 3. The Morgan fingerprint density at radius 3 is 2.91 bits per heavy atom. The second-order valence-corrected chi connectivity index (χ2v) is 4.77. The summed E-state index contributed by atoms with van der Waals surface area (Å²) in [5.74, 6) is 0.604. The van der Waals surface area contributed by atoms with Gasteiger partial charge in [-0.15, -0.1) is 10.2 Å². The summed E-state index contributed by atoms with van der Waals surface area (Å²) in [6, 6.07) is 12.6. The molecule has 0 saturated carbocycles. The molecular weight excluding hydrogens is 278 g/mol. The van der Waals surface area contributed by atoms with Gasteiger partial charge in [-0.1, -0.05) is 12.1 Å². The van der Waals surface area contributed by atoms with E-state index in [-0.39, 0.29) is 6.61 Å². The molecule has 22 heavy (non-hydrogen) atoms. The number of aryl methyl sites for hydroxylation is 1. The lowest BCUT2D eigenvalue weighted by Gasteiger charge is -2.00. The third-order valence-corrected chi connectivity index (χ3v) is 3.28. The summed E-state index contributed by atoms with van der Waals surface area (Å²) < 4.78 is 1.79. The number of pyridine rings is 1. The number of nitrogens with zero attached hydrogens (tertiary/aromatic N) is 5. The Kier molecular flexibility index (Phi) is 3.64. The van der Waals surface area contributed by atoms with Crippen LogP contribution < -0.4 is 0 Å². The van der Waals surface area contributed by atoms with Crippen molar-refractivity contribution in [3.05, 3.63) is 59.4 Å². The van der Waals surface area contributed by atoms with Gasteiger partial charge in [-0.2, -0.15) is 5.26 Å². The number of aliphatic hydroxyl groups is 1. The van der Waals surface area contributed by atoms with Gasteiger partial charge in [0.05, 0.1) is 29.6 Å². The molecule has 0 aliphatic carbocycles. The molecule has 0 saturated heterocycles. The topological polar surface area (TPSA) is 86.0 Å². The number of benzene rings is 1. The van der Waals surface area contributed by atoms with E-state index in [1.807, 2.05) is 25.3 Å². The fourth-order valence-corrected chi connectivity index (χ4v) is 2.21. The van der Waals surface area contributed by atoms with Gasteiger partial charge in [-0.05, 0) is 31.2 Å². The van der Waals surface area contributed by atoms with Gasteiger partial charge in [0.25, 0.3) is 0 Å². The van der Waals surface area contributed by atoms with Crippen molar-refractivity contribution in [1.29, 1.82) is 5.26 Å². The van der Waals surface area contributed by atoms with Crippen LogP contribution in [-0.2, 0) is 6.61 Å². The highest BCUT2D eigenvalue weighted by atomic mass is 16.3. The Hall–Kier alpha value is -3.04. The van der Waals surface area contributed by atoms with E-state index in [1.54, 1.807) is 28.7 Å². The summed E-state index contributed by atoms with van der Waals surface area (Å²) in [4.78, 5) is 4.43. The van der Waals surface area contributed by atoms with Crippen LogP contribution in [0, 0.1) is 18.3 Å². The molecule has 6 nitrogen and oxygen atoms in total. The van der Waals surface area contributed by atoms with Crippen LogP contribution in [-0.4, -0.2) is 14.5 Å². The third-order valence-electron chi connectivity index (χ3n) is 3.28. The van der Waals surface area contributed by atoms with E-state index >= 15 is 0 Å².